The van der Waals surface area contributed by atoms with E-state index in [0.717, 1.165) is 24.5 Å². The van der Waals surface area contributed by atoms with Gasteiger partial charge in [0.05, 0.1) is 7.11 Å². The molecule has 0 radical (unpaired) electrons. The number of hydrogen-bond acceptors (Lipinski definition) is 2. The second-order valence-corrected chi connectivity index (χ2v) is 6.35. The number of hydrogen-bond donors (Lipinski definition) is 1. The zero-order valence-electron chi connectivity index (χ0n) is 10.8. The van der Waals surface area contributed by atoms with Crippen LogP contribution in [0, 0.1) is 5.92 Å². The number of fused-ring (bicyclic) bond motifs is 1. The van der Waals surface area contributed by atoms with E-state index >= 15 is 0 Å². The molecule has 0 heterocycles. The molecule has 3 heteroatoms. The summed E-state index contributed by atoms with van der Waals surface area (Å²) in [6, 6.07) is 4.81. The molecule has 2 aliphatic carbocycles. The van der Waals surface area contributed by atoms with Crippen molar-refractivity contribution in [2.24, 2.45) is 5.92 Å². The lowest BCUT2D eigenvalue weighted by atomic mass is 9.87. The molecule has 1 saturated carbocycles. The Kier molecular flexibility index (Phi) is 3.62. The quantitative estimate of drug-likeness (QED) is 0.921. The number of nitrogens with one attached hydrogen (secondary N) is 1. The maximum Gasteiger partial charge on any atom is 0.122 e. The van der Waals surface area contributed by atoms with Crippen molar-refractivity contribution in [2.45, 2.75) is 38.1 Å². The van der Waals surface area contributed by atoms with Crippen molar-refractivity contribution in [3.8, 4) is 5.75 Å². The van der Waals surface area contributed by atoms with Gasteiger partial charge in [-0.3, -0.25) is 0 Å². The lowest BCUT2D eigenvalue weighted by Crippen LogP contribution is -2.36. The fourth-order valence-electron chi connectivity index (χ4n) is 2.82. The summed E-state index contributed by atoms with van der Waals surface area (Å²) in [4.78, 5) is 0. The van der Waals surface area contributed by atoms with Crippen LogP contribution in [-0.4, -0.2) is 19.7 Å². The van der Waals surface area contributed by atoms with E-state index in [9.17, 15) is 0 Å². The van der Waals surface area contributed by atoms with Gasteiger partial charge in [0.25, 0.3) is 0 Å². The normalized spacial score (nSPS) is 22.7. The predicted molar refractivity (Wildman–Crippen MR) is 77.2 cm³/mol. The van der Waals surface area contributed by atoms with Gasteiger partial charge < -0.3 is 10.1 Å². The minimum Gasteiger partial charge on any atom is -0.496 e. The van der Waals surface area contributed by atoms with Gasteiger partial charge in [-0.05, 0) is 67.8 Å². The monoisotopic (exact) mass is 309 g/mol. The molecule has 98 valence electrons. The highest BCUT2D eigenvalue weighted by Crippen LogP contribution is 2.35. The Bertz CT molecular complexity index is 442. The standard InChI is InChI=1S/C15H20BrNO/c1-18-15-7-6-14(16)12-5-4-11(8-13(12)15)17-9-10-2-3-10/h6-7,10-11,17H,2-5,8-9H2,1H3. The van der Waals surface area contributed by atoms with Crippen LogP contribution in [0.5, 0.6) is 5.75 Å². The third-order valence-corrected chi connectivity index (χ3v) is 4.88. The van der Waals surface area contributed by atoms with Gasteiger partial charge in [-0.2, -0.15) is 0 Å². The molecule has 0 amide bonds. The first-order valence-corrected chi connectivity index (χ1v) is 7.65. The van der Waals surface area contributed by atoms with Crippen LogP contribution in [0.2, 0.25) is 0 Å². The summed E-state index contributed by atoms with van der Waals surface area (Å²) >= 11 is 3.66. The van der Waals surface area contributed by atoms with Crippen molar-refractivity contribution in [3.05, 3.63) is 27.7 Å². The average Bonchev–Trinajstić information content (AvgIpc) is 3.21. The van der Waals surface area contributed by atoms with Gasteiger partial charge in [0.1, 0.15) is 5.75 Å². The Labute approximate surface area is 117 Å². The van der Waals surface area contributed by atoms with Crippen LogP contribution in [0.15, 0.2) is 16.6 Å². The largest absolute Gasteiger partial charge is 0.496 e. The van der Waals surface area contributed by atoms with E-state index in [0.29, 0.717) is 6.04 Å². The minimum absolute atomic E-state index is 0.626. The Balaban J connectivity index is 1.75. The van der Waals surface area contributed by atoms with Crippen molar-refractivity contribution in [3.63, 3.8) is 0 Å². The average molecular weight is 310 g/mol. The number of benzene rings is 1. The van der Waals surface area contributed by atoms with Gasteiger partial charge in [-0.1, -0.05) is 15.9 Å². The fourth-order valence-corrected chi connectivity index (χ4v) is 3.39. The lowest BCUT2D eigenvalue weighted by molar-refractivity contribution is 0.392. The summed E-state index contributed by atoms with van der Waals surface area (Å²) in [7, 11) is 1.77. The molecule has 3 rings (SSSR count). The van der Waals surface area contributed by atoms with Crippen molar-refractivity contribution in [1.82, 2.24) is 5.32 Å². The van der Waals surface area contributed by atoms with E-state index in [1.807, 2.05) is 0 Å². The first-order chi connectivity index (χ1) is 8.78. The van der Waals surface area contributed by atoms with Crippen LogP contribution >= 0.6 is 15.9 Å². The van der Waals surface area contributed by atoms with Crippen molar-refractivity contribution in [2.75, 3.05) is 13.7 Å². The Hall–Kier alpha value is -0.540. The van der Waals surface area contributed by atoms with Gasteiger partial charge in [0.15, 0.2) is 0 Å². The lowest BCUT2D eigenvalue weighted by Gasteiger charge is -2.27. The fraction of sp³-hybridized carbons (Fsp3) is 0.600. The van der Waals surface area contributed by atoms with Crippen molar-refractivity contribution < 1.29 is 4.74 Å². The highest BCUT2D eigenvalue weighted by Gasteiger charge is 2.26. The number of halogens is 1. The molecule has 1 N–H and O–H groups in total. The molecule has 2 aliphatic rings. The van der Waals surface area contributed by atoms with E-state index in [2.05, 4.69) is 33.4 Å². The Morgan fingerprint density at radius 1 is 1.28 bits per heavy atom. The van der Waals surface area contributed by atoms with Crippen molar-refractivity contribution >= 4 is 15.9 Å². The molecule has 0 saturated heterocycles. The Morgan fingerprint density at radius 2 is 2.11 bits per heavy atom. The summed E-state index contributed by atoms with van der Waals surface area (Å²) < 4.78 is 6.74. The topological polar surface area (TPSA) is 21.3 Å². The number of methoxy groups -OCH3 is 1. The summed E-state index contributed by atoms with van der Waals surface area (Å²) in [5.74, 6) is 2.00. The van der Waals surface area contributed by atoms with E-state index in [1.165, 1.54) is 41.4 Å². The number of ether oxygens (including phenoxy) is 1. The first-order valence-electron chi connectivity index (χ1n) is 6.85. The molecule has 1 aromatic rings. The second-order valence-electron chi connectivity index (χ2n) is 5.50. The smallest absolute Gasteiger partial charge is 0.122 e. The molecule has 1 fully saturated rings. The highest BCUT2D eigenvalue weighted by atomic mass is 79.9. The summed E-state index contributed by atoms with van der Waals surface area (Å²) in [6.07, 6.45) is 6.34. The zero-order valence-corrected chi connectivity index (χ0v) is 12.4. The van der Waals surface area contributed by atoms with Crippen LogP contribution in [0.3, 0.4) is 0 Å². The van der Waals surface area contributed by atoms with Gasteiger partial charge in [-0.15, -0.1) is 0 Å². The molecule has 18 heavy (non-hydrogen) atoms. The molecular weight excluding hydrogens is 290 g/mol. The van der Waals surface area contributed by atoms with Gasteiger partial charge in [-0.25, -0.2) is 0 Å². The van der Waals surface area contributed by atoms with Crippen LogP contribution in [-0.2, 0) is 12.8 Å². The highest BCUT2D eigenvalue weighted by molar-refractivity contribution is 9.10. The SMILES string of the molecule is COc1ccc(Br)c2c1CC(NCC1CC1)CC2. The summed E-state index contributed by atoms with van der Waals surface area (Å²) in [6.45, 7) is 1.20. The number of rotatable bonds is 4. The predicted octanol–water partition coefficient (Wildman–Crippen LogP) is 3.31. The van der Waals surface area contributed by atoms with Crippen LogP contribution < -0.4 is 10.1 Å². The molecule has 0 aromatic heterocycles. The molecule has 2 nitrogen and oxygen atoms in total. The van der Waals surface area contributed by atoms with E-state index in [4.69, 9.17) is 4.74 Å². The molecule has 0 aliphatic heterocycles. The third kappa shape index (κ3) is 2.57. The van der Waals surface area contributed by atoms with E-state index in [1.54, 1.807) is 7.11 Å². The van der Waals surface area contributed by atoms with Gasteiger partial charge in [0, 0.05) is 10.5 Å². The van der Waals surface area contributed by atoms with Gasteiger partial charge in [0.2, 0.25) is 0 Å². The third-order valence-electron chi connectivity index (χ3n) is 4.14. The minimum atomic E-state index is 0.626. The molecule has 1 unspecified atom stereocenters. The van der Waals surface area contributed by atoms with Gasteiger partial charge >= 0.3 is 0 Å². The molecule has 1 aromatic carbocycles. The maximum absolute atomic E-state index is 5.51. The van der Waals surface area contributed by atoms with Crippen molar-refractivity contribution in [1.29, 1.82) is 0 Å². The van der Waals surface area contributed by atoms with Crippen LogP contribution in [0.1, 0.15) is 30.4 Å². The Morgan fingerprint density at radius 3 is 2.83 bits per heavy atom. The summed E-state index contributed by atoms with van der Waals surface area (Å²) in [5, 5.41) is 3.72. The molecule has 1 atom stereocenters. The molecule has 0 spiro atoms. The maximum atomic E-state index is 5.51. The van der Waals surface area contributed by atoms with Crippen LogP contribution in [0.4, 0.5) is 0 Å². The van der Waals surface area contributed by atoms with E-state index < -0.39 is 0 Å². The second kappa shape index (κ2) is 5.22. The van der Waals surface area contributed by atoms with Crippen LogP contribution in [0.25, 0.3) is 0 Å². The zero-order chi connectivity index (χ0) is 12.5. The van der Waals surface area contributed by atoms with E-state index in [-0.39, 0.29) is 0 Å². The summed E-state index contributed by atoms with van der Waals surface area (Å²) in [5.41, 5.74) is 2.84. The first kappa shape index (κ1) is 12.5. The molecule has 0 bridgehead atoms. The molecular formula is C15H20BrNO.